The second-order valence-corrected chi connectivity index (χ2v) is 8.64. The fourth-order valence-electron chi connectivity index (χ4n) is 3.99. The van der Waals surface area contributed by atoms with E-state index in [4.69, 9.17) is 9.47 Å². The van der Waals surface area contributed by atoms with E-state index in [9.17, 15) is 19.2 Å². The van der Waals surface area contributed by atoms with Gasteiger partial charge in [-0.1, -0.05) is 12.1 Å². The van der Waals surface area contributed by atoms with Crippen LogP contribution in [-0.4, -0.2) is 33.8 Å². The van der Waals surface area contributed by atoms with Crippen molar-refractivity contribution in [3.8, 4) is 11.5 Å². The molecule has 184 valence electrons. The van der Waals surface area contributed by atoms with Crippen LogP contribution in [0.25, 0.3) is 10.9 Å². The Morgan fingerprint density at radius 3 is 2.54 bits per heavy atom. The fourth-order valence-corrected chi connectivity index (χ4v) is 3.99. The summed E-state index contributed by atoms with van der Waals surface area (Å²) in [5, 5.41) is 5.93. The third kappa shape index (κ3) is 5.53. The van der Waals surface area contributed by atoms with Crippen LogP contribution in [0.5, 0.6) is 11.5 Å². The van der Waals surface area contributed by atoms with E-state index in [2.05, 4.69) is 10.6 Å². The van der Waals surface area contributed by atoms with Crippen molar-refractivity contribution in [1.29, 1.82) is 0 Å². The highest BCUT2D eigenvalue weighted by atomic mass is 16.7. The van der Waals surface area contributed by atoms with Gasteiger partial charge in [0.05, 0.1) is 10.9 Å². The zero-order valence-electron chi connectivity index (χ0n) is 19.7. The monoisotopic (exact) mass is 480 g/mol. The maximum Gasteiger partial charge on any atom is 0.331 e. The number of benzene rings is 2. The molecule has 0 spiro atoms. The highest BCUT2D eigenvalue weighted by molar-refractivity contribution is 5.92. The number of anilines is 1. The molecule has 2 amide bonds. The summed E-state index contributed by atoms with van der Waals surface area (Å²) in [4.78, 5) is 50.9. The number of aromatic nitrogens is 2. The van der Waals surface area contributed by atoms with Crippen molar-refractivity contribution < 1.29 is 19.1 Å². The lowest BCUT2D eigenvalue weighted by molar-refractivity contribution is -0.121. The SMILES string of the molecule is CC(C)NC(=O)CCCCn1c(=O)c2ccccc2n(CC(=O)Nc2ccc3c(c2)OCO3)c1=O. The molecular formula is C25H28N4O6. The summed E-state index contributed by atoms with van der Waals surface area (Å²) in [5.74, 6) is 0.634. The summed E-state index contributed by atoms with van der Waals surface area (Å²) >= 11 is 0. The van der Waals surface area contributed by atoms with Crippen LogP contribution in [0.3, 0.4) is 0 Å². The minimum Gasteiger partial charge on any atom is -0.454 e. The third-order valence-electron chi connectivity index (χ3n) is 5.58. The first-order chi connectivity index (χ1) is 16.8. The summed E-state index contributed by atoms with van der Waals surface area (Å²) < 4.78 is 13.0. The molecule has 0 atom stereocenters. The lowest BCUT2D eigenvalue weighted by Crippen LogP contribution is -2.41. The van der Waals surface area contributed by atoms with Crippen molar-refractivity contribution in [2.45, 2.75) is 52.2 Å². The van der Waals surface area contributed by atoms with Crippen molar-refractivity contribution in [2.24, 2.45) is 0 Å². The molecule has 0 fully saturated rings. The first kappa shape index (κ1) is 24.1. The first-order valence-corrected chi connectivity index (χ1v) is 11.5. The van der Waals surface area contributed by atoms with Gasteiger partial charge >= 0.3 is 5.69 Å². The fraction of sp³-hybridized carbons (Fsp3) is 0.360. The second-order valence-electron chi connectivity index (χ2n) is 8.64. The van der Waals surface area contributed by atoms with E-state index in [1.807, 2.05) is 13.8 Å². The summed E-state index contributed by atoms with van der Waals surface area (Å²) in [6, 6.07) is 11.8. The van der Waals surface area contributed by atoms with Crippen LogP contribution in [-0.2, 0) is 22.7 Å². The van der Waals surface area contributed by atoms with Crippen molar-refractivity contribution in [2.75, 3.05) is 12.1 Å². The molecule has 0 bridgehead atoms. The number of amides is 2. The number of rotatable bonds is 9. The Hall–Kier alpha value is -4.08. The molecular weight excluding hydrogens is 452 g/mol. The van der Waals surface area contributed by atoms with Crippen molar-refractivity contribution >= 4 is 28.4 Å². The highest BCUT2D eigenvalue weighted by Crippen LogP contribution is 2.34. The van der Waals surface area contributed by atoms with E-state index >= 15 is 0 Å². The molecule has 0 saturated carbocycles. The predicted octanol–water partition coefficient (Wildman–Crippen LogP) is 2.23. The Bertz CT molecular complexity index is 1370. The maximum absolute atomic E-state index is 13.2. The molecule has 10 heteroatoms. The molecule has 35 heavy (non-hydrogen) atoms. The molecule has 2 aromatic carbocycles. The molecule has 0 unspecified atom stereocenters. The number of carbonyl (C=O) groups excluding carboxylic acids is 2. The molecule has 0 radical (unpaired) electrons. The van der Waals surface area contributed by atoms with Gasteiger partial charge in [-0.3, -0.25) is 23.5 Å². The second kappa shape index (κ2) is 10.5. The Kier molecular flexibility index (Phi) is 7.19. The number of carbonyl (C=O) groups is 2. The summed E-state index contributed by atoms with van der Waals surface area (Å²) in [6.45, 7) is 3.78. The number of hydrogen-bond donors (Lipinski definition) is 2. The number of hydrogen-bond acceptors (Lipinski definition) is 6. The van der Waals surface area contributed by atoms with Gasteiger partial charge in [-0.15, -0.1) is 0 Å². The van der Waals surface area contributed by atoms with E-state index in [1.165, 1.54) is 4.57 Å². The highest BCUT2D eigenvalue weighted by Gasteiger charge is 2.17. The van der Waals surface area contributed by atoms with Crippen LogP contribution in [0.15, 0.2) is 52.1 Å². The van der Waals surface area contributed by atoms with Gasteiger partial charge in [0.25, 0.3) is 5.56 Å². The van der Waals surface area contributed by atoms with E-state index in [0.29, 0.717) is 47.4 Å². The molecule has 10 nitrogen and oxygen atoms in total. The standard InChI is InChI=1S/C25H28N4O6/c1-16(2)26-22(30)9-5-6-12-28-24(32)18-7-3-4-8-19(18)29(25(28)33)14-23(31)27-17-10-11-20-21(13-17)35-15-34-20/h3-4,7-8,10-11,13,16H,5-6,9,12,14-15H2,1-2H3,(H,26,30)(H,27,31). The Morgan fingerprint density at radius 2 is 1.74 bits per heavy atom. The van der Waals surface area contributed by atoms with Crippen molar-refractivity contribution in [3.05, 3.63) is 63.3 Å². The van der Waals surface area contributed by atoms with Gasteiger partial charge in [-0.25, -0.2) is 4.79 Å². The molecule has 2 heterocycles. The van der Waals surface area contributed by atoms with Crippen molar-refractivity contribution in [1.82, 2.24) is 14.5 Å². The Labute approximate surface area is 201 Å². The molecule has 0 aliphatic carbocycles. The average molecular weight is 481 g/mol. The van der Waals surface area contributed by atoms with Crippen molar-refractivity contribution in [3.63, 3.8) is 0 Å². The maximum atomic E-state index is 13.2. The normalized spacial score (nSPS) is 12.2. The molecule has 1 aromatic heterocycles. The molecule has 3 aromatic rings. The number of nitrogens with one attached hydrogen (secondary N) is 2. The van der Waals surface area contributed by atoms with Gasteiger partial charge in [0.15, 0.2) is 11.5 Å². The number of fused-ring (bicyclic) bond motifs is 2. The molecule has 4 rings (SSSR count). The van der Waals surface area contributed by atoms with Gasteiger partial charge in [0, 0.05) is 30.8 Å². The van der Waals surface area contributed by atoms with Gasteiger partial charge in [-0.05, 0) is 51.0 Å². The quantitative estimate of drug-likeness (QED) is 0.453. The zero-order chi connectivity index (χ0) is 24.9. The van der Waals surface area contributed by atoms with Gasteiger partial charge in [-0.2, -0.15) is 0 Å². The number of ether oxygens (including phenoxy) is 2. The summed E-state index contributed by atoms with van der Waals surface area (Å²) in [7, 11) is 0. The van der Waals surface area contributed by atoms with Crippen LogP contribution in [0, 0.1) is 0 Å². The first-order valence-electron chi connectivity index (χ1n) is 11.5. The summed E-state index contributed by atoms with van der Waals surface area (Å²) in [6.07, 6.45) is 1.32. The van der Waals surface area contributed by atoms with E-state index in [0.717, 1.165) is 4.57 Å². The van der Waals surface area contributed by atoms with Crippen LogP contribution in [0.4, 0.5) is 5.69 Å². The number of para-hydroxylation sites is 1. The zero-order valence-corrected chi connectivity index (χ0v) is 19.7. The van der Waals surface area contributed by atoms with Gasteiger partial charge in [0.2, 0.25) is 18.6 Å². The van der Waals surface area contributed by atoms with Gasteiger partial charge in [0.1, 0.15) is 6.54 Å². The molecule has 1 aliphatic heterocycles. The number of nitrogens with zero attached hydrogens (tertiary/aromatic N) is 2. The lowest BCUT2D eigenvalue weighted by Gasteiger charge is -2.14. The van der Waals surface area contributed by atoms with E-state index in [-0.39, 0.29) is 31.8 Å². The molecule has 0 saturated heterocycles. The third-order valence-corrected chi connectivity index (χ3v) is 5.58. The van der Waals surface area contributed by atoms with Crippen LogP contribution >= 0.6 is 0 Å². The number of unbranched alkanes of at least 4 members (excludes halogenated alkanes) is 1. The predicted molar refractivity (Wildman–Crippen MR) is 131 cm³/mol. The Morgan fingerprint density at radius 1 is 0.971 bits per heavy atom. The smallest absolute Gasteiger partial charge is 0.331 e. The average Bonchev–Trinajstić information content (AvgIpc) is 3.29. The minimum atomic E-state index is -0.568. The van der Waals surface area contributed by atoms with E-state index in [1.54, 1.807) is 42.5 Å². The topological polar surface area (TPSA) is 121 Å². The summed E-state index contributed by atoms with van der Waals surface area (Å²) in [5.41, 5.74) is -0.0914. The van der Waals surface area contributed by atoms with Crippen LogP contribution in [0.1, 0.15) is 33.1 Å². The molecule has 1 aliphatic rings. The van der Waals surface area contributed by atoms with Gasteiger partial charge < -0.3 is 20.1 Å². The van der Waals surface area contributed by atoms with Crippen LogP contribution < -0.4 is 31.4 Å². The minimum absolute atomic E-state index is 0.0571. The largest absolute Gasteiger partial charge is 0.454 e. The molecule has 2 N–H and O–H groups in total. The van der Waals surface area contributed by atoms with Crippen LogP contribution in [0.2, 0.25) is 0 Å². The lowest BCUT2D eigenvalue weighted by atomic mass is 10.2. The Balaban J connectivity index is 1.53. The van der Waals surface area contributed by atoms with E-state index < -0.39 is 17.2 Å².